The molecule has 1 saturated heterocycles. The molecule has 2 aliphatic heterocycles. The van der Waals surface area contributed by atoms with Crippen molar-refractivity contribution in [2.75, 3.05) is 37.7 Å². The molecule has 0 radical (unpaired) electrons. The van der Waals surface area contributed by atoms with Crippen molar-refractivity contribution < 1.29 is 14.4 Å². The highest BCUT2D eigenvalue weighted by Crippen LogP contribution is 2.32. The Balaban J connectivity index is 0.997. The zero-order chi connectivity index (χ0) is 28.6. The Morgan fingerprint density at radius 3 is 2.29 bits per heavy atom. The van der Waals surface area contributed by atoms with E-state index in [-0.39, 0.29) is 11.8 Å². The molecule has 11 heteroatoms. The van der Waals surface area contributed by atoms with Crippen molar-refractivity contribution in [3.63, 3.8) is 0 Å². The molecule has 0 aliphatic carbocycles. The smallest absolute Gasteiger partial charge is 0.415 e. The summed E-state index contributed by atoms with van der Waals surface area (Å²) < 4.78 is 13.5. The average molecular weight is 594 g/mol. The van der Waals surface area contributed by atoms with Crippen LogP contribution in [0.25, 0.3) is 11.1 Å². The van der Waals surface area contributed by atoms with Crippen LogP contribution in [0.2, 0.25) is 10.0 Å². The molecule has 0 bridgehead atoms. The number of hydrogen-bond donors (Lipinski definition) is 0. The summed E-state index contributed by atoms with van der Waals surface area (Å²) in [5, 5.41) is 12.1. The van der Waals surface area contributed by atoms with Gasteiger partial charge in [-0.15, -0.1) is 0 Å². The van der Waals surface area contributed by atoms with E-state index in [1.54, 1.807) is 4.57 Å². The highest BCUT2D eigenvalue weighted by atomic mass is 35.5. The lowest BCUT2D eigenvalue weighted by atomic mass is 10.0. The SMILES string of the molecule is CC1(COc2ccc(-c3ccc(N4CCN(Cc5ccc(Cl)c(Cl)c5)CC4)cc3)cc2)Cn2cc([N+](=O)[O-])nc2O1. The number of piperazine rings is 1. The fourth-order valence-corrected chi connectivity index (χ4v) is 5.58. The van der Waals surface area contributed by atoms with E-state index in [0.717, 1.165) is 49.6 Å². The Morgan fingerprint density at radius 2 is 1.66 bits per heavy atom. The van der Waals surface area contributed by atoms with Gasteiger partial charge in [0, 0.05) is 43.4 Å². The third-order valence-corrected chi connectivity index (χ3v) is 8.22. The molecule has 0 amide bonds. The van der Waals surface area contributed by atoms with Gasteiger partial charge in [-0.3, -0.25) is 9.47 Å². The monoisotopic (exact) mass is 593 g/mol. The number of ether oxygens (including phenoxy) is 2. The highest BCUT2D eigenvalue weighted by molar-refractivity contribution is 6.42. The molecule has 3 heterocycles. The molecular weight excluding hydrogens is 565 g/mol. The van der Waals surface area contributed by atoms with Crippen LogP contribution < -0.4 is 14.4 Å². The number of anilines is 1. The molecule has 9 nitrogen and oxygen atoms in total. The van der Waals surface area contributed by atoms with Crippen molar-refractivity contribution >= 4 is 34.7 Å². The van der Waals surface area contributed by atoms with E-state index in [2.05, 4.69) is 39.0 Å². The first-order chi connectivity index (χ1) is 19.7. The number of benzene rings is 3. The molecule has 6 rings (SSSR count). The number of hydrogen-bond acceptors (Lipinski definition) is 7. The zero-order valence-electron chi connectivity index (χ0n) is 22.5. The van der Waals surface area contributed by atoms with Gasteiger partial charge in [-0.2, -0.15) is 0 Å². The van der Waals surface area contributed by atoms with Crippen LogP contribution in [0.3, 0.4) is 0 Å². The first-order valence-corrected chi connectivity index (χ1v) is 14.2. The van der Waals surface area contributed by atoms with E-state index < -0.39 is 10.5 Å². The number of imidazole rings is 1. The molecule has 2 aliphatic rings. The first kappa shape index (κ1) is 27.4. The molecule has 0 saturated carbocycles. The molecule has 4 aromatic rings. The van der Waals surface area contributed by atoms with E-state index in [9.17, 15) is 10.1 Å². The lowest BCUT2D eigenvalue weighted by Crippen LogP contribution is -2.45. The number of halogens is 2. The van der Waals surface area contributed by atoms with Crippen molar-refractivity contribution in [2.45, 2.75) is 25.6 Å². The molecule has 212 valence electrons. The van der Waals surface area contributed by atoms with Crippen LogP contribution in [0.5, 0.6) is 11.8 Å². The minimum Gasteiger partial charge on any atom is -0.489 e. The molecule has 1 unspecified atom stereocenters. The number of fused-ring (bicyclic) bond motifs is 1. The molecular formula is C30H29Cl2N5O4. The summed E-state index contributed by atoms with van der Waals surface area (Å²) in [6, 6.07) is 22.7. The molecule has 0 spiro atoms. The van der Waals surface area contributed by atoms with E-state index >= 15 is 0 Å². The van der Waals surface area contributed by atoms with Gasteiger partial charge < -0.3 is 24.5 Å². The summed E-state index contributed by atoms with van der Waals surface area (Å²) in [6.45, 7) is 7.39. The van der Waals surface area contributed by atoms with Gasteiger partial charge in [0.05, 0.1) is 16.6 Å². The Kier molecular flexibility index (Phi) is 7.50. The number of rotatable bonds is 8. The van der Waals surface area contributed by atoms with Crippen molar-refractivity contribution in [1.29, 1.82) is 0 Å². The van der Waals surface area contributed by atoms with Crippen molar-refractivity contribution in [2.24, 2.45) is 0 Å². The third kappa shape index (κ3) is 6.12. The van der Waals surface area contributed by atoms with Gasteiger partial charge in [0.15, 0.2) is 5.60 Å². The topological polar surface area (TPSA) is 85.9 Å². The number of nitro groups is 1. The van der Waals surface area contributed by atoms with Crippen LogP contribution in [-0.2, 0) is 13.1 Å². The van der Waals surface area contributed by atoms with E-state index in [1.807, 2.05) is 49.4 Å². The second kappa shape index (κ2) is 11.2. The number of nitrogens with zero attached hydrogens (tertiary/aromatic N) is 5. The highest BCUT2D eigenvalue weighted by Gasteiger charge is 2.41. The standard InChI is InChI=1S/C30H29Cl2N5O4/c1-30(19-36-18-28(37(38)39)33-29(36)41-30)20-40-25-9-5-23(6-10-25)22-3-7-24(8-4-22)35-14-12-34(13-15-35)17-21-2-11-26(31)27(32)16-21/h2-11,16,18H,12-15,17,19-20H2,1H3. The average Bonchev–Trinajstić information content (AvgIpc) is 3.51. The molecule has 1 atom stereocenters. The van der Waals surface area contributed by atoms with Crippen molar-refractivity contribution in [1.82, 2.24) is 14.5 Å². The van der Waals surface area contributed by atoms with Gasteiger partial charge in [0.2, 0.25) is 0 Å². The second-order valence-corrected chi connectivity index (χ2v) is 11.5. The lowest BCUT2D eigenvalue weighted by Gasteiger charge is -2.36. The predicted octanol–water partition coefficient (Wildman–Crippen LogP) is 6.32. The van der Waals surface area contributed by atoms with Crippen LogP contribution in [0.4, 0.5) is 11.5 Å². The molecule has 0 N–H and O–H groups in total. The molecule has 41 heavy (non-hydrogen) atoms. The number of aromatic nitrogens is 2. The third-order valence-electron chi connectivity index (χ3n) is 7.48. The van der Waals surface area contributed by atoms with E-state index in [1.165, 1.54) is 17.4 Å². The molecule has 3 aromatic carbocycles. The summed E-state index contributed by atoms with van der Waals surface area (Å²) in [7, 11) is 0. The van der Waals surface area contributed by atoms with E-state index in [0.29, 0.717) is 23.2 Å². The Morgan fingerprint density at radius 1 is 0.976 bits per heavy atom. The Bertz CT molecular complexity index is 1530. The fraction of sp³-hybridized carbons (Fsp3) is 0.300. The zero-order valence-corrected chi connectivity index (χ0v) is 24.0. The largest absolute Gasteiger partial charge is 0.489 e. The molecule has 1 aromatic heterocycles. The van der Waals surface area contributed by atoms with Crippen LogP contribution >= 0.6 is 23.2 Å². The second-order valence-electron chi connectivity index (χ2n) is 10.7. The summed E-state index contributed by atoms with van der Waals surface area (Å²) >= 11 is 12.2. The van der Waals surface area contributed by atoms with Gasteiger partial charge in [0.25, 0.3) is 0 Å². The molecule has 1 fully saturated rings. The lowest BCUT2D eigenvalue weighted by molar-refractivity contribution is -0.389. The van der Waals surface area contributed by atoms with Gasteiger partial charge in [0.1, 0.15) is 18.6 Å². The van der Waals surface area contributed by atoms with Gasteiger partial charge >= 0.3 is 11.8 Å². The minimum absolute atomic E-state index is 0.217. The maximum absolute atomic E-state index is 10.9. The maximum Gasteiger partial charge on any atom is 0.415 e. The summed E-state index contributed by atoms with van der Waals surface area (Å²) in [5.74, 6) is 0.509. The Labute approximate surface area is 248 Å². The van der Waals surface area contributed by atoms with Crippen molar-refractivity contribution in [3.05, 3.63) is 98.6 Å². The first-order valence-electron chi connectivity index (χ1n) is 13.4. The summed E-state index contributed by atoms with van der Waals surface area (Å²) in [4.78, 5) is 19.2. The van der Waals surface area contributed by atoms with E-state index in [4.69, 9.17) is 32.7 Å². The summed E-state index contributed by atoms with van der Waals surface area (Å²) in [6.07, 6.45) is 1.39. The van der Waals surface area contributed by atoms with Crippen LogP contribution in [-0.4, -0.2) is 57.8 Å². The summed E-state index contributed by atoms with van der Waals surface area (Å²) in [5.41, 5.74) is 3.98. The van der Waals surface area contributed by atoms with Crippen LogP contribution in [0.1, 0.15) is 12.5 Å². The van der Waals surface area contributed by atoms with Gasteiger partial charge in [-0.05, 0) is 64.9 Å². The normalized spacial score (nSPS) is 18.7. The predicted molar refractivity (Wildman–Crippen MR) is 159 cm³/mol. The van der Waals surface area contributed by atoms with Gasteiger partial charge in [-0.25, -0.2) is 0 Å². The Hall–Kier alpha value is -3.79. The van der Waals surface area contributed by atoms with Gasteiger partial charge in [-0.1, -0.05) is 53.5 Å². The van der Waals surface area contributed by atoms with Crippen LogP contribution in [0, 0.1) is 10.1 Å². The maximum atomic E-state index is 10.9. The van der Waals surface area contributed by atoms with Crippen LogP contribution in [0.15, 0.2) is 72.9 Å². The minimum atomic E-state index is -0.652. The fourth-order valence-electron chi connectivity index (χ4n) is 5.26. The van der Waals surface area contributed by atoms with Crippen molar-refractivity contribution in [3.8, 4) is 22.9 Å². The quantitative estimate of drug-likeness (QED) is 0.174.